The molecule has 0 saturated heterocycles. The molecule has 1 aromatic heterocycles. The number of Topliss-reactive ketones (excluding diaryl/α,β-unsaturated/α-hetero) is 1. The summed E-state index contributed by atoms with van der Waals surface area (Å²) < 4.78 is 25.7. The first-order valence-electron chi connectivity index (χ1n) is 9.52. The second-order valence-corrected chi connectivity index (χ2v) is 7.89. The number of nitrogens with one attached hydrogen (secondary N) is 1. The number of ketones is 1. The Bertz CT molecular complexity index is 1220. The zero-order chi connectivity index (χ0) is 22.0. The molecule has 4 nitrogen and oxygen atoms in total. The van der Waals surface area contributed by atoms with Crippen molar-refractivity contribution in [2.24, 2.45) is 0 Å². The highest BCUT2D eigenvalue weighted by Crippen LogP contribution is 2.33. The molecule has 1 heterocycles. The molecule has 0 radical (unpaired) electrons. The Balaban J connectivity index is 1.68. The van der Waals surface area contributed by atoms with E-state index in [2.05, 4.69) is 4.98 Å². The highest BCUT2D eigenvalue weighted by atomic mass is 35.5. The van der Waals surface area contributed by atoms with E-state index in [0.29, 0.717) is 43.7 Å². The fourth-order valence-corrected chi connectivity index (χ4v) is 3.61. The Hall–Kier alpha value is -3.02. The third-order valence-electron chi connectivity index (χ3n) is 4.81. The number of fused-ring (bicyclic) bond motifs is 1. The summed E-state index contributed by atoms with van der Waals surface area (Å²) in [6.45, 7) is 1.58. The van der Waals surface area contributed by atoms with E-state index >= 15 is 0 Å². The van der Waals surface area contributed by atoms with Crippen LogP contribution in [0.4, 0.5) is 4.39 Å². The molecule has 3 aromatic carbocycles. The second-order valence-electron chi connectivity index (χ2n) is 7.01. The minimum atomic E-state index is -1.01. The molecular formula is C24H18Cl2FNO3. The van der Waals surface area contributed by atoms with Gasteiger partial charge >= 0.3 is 0 Å². The number of H-pyrrole nitrogens is 1. The van der Waals surface area contributed by atoms with Gasteiger partial charge in [0, 0.05) is 32.2 Å². The maximum Gasteiger partial charge on any atom is 0.215 e. The van der Waals surface area contributed by atoms with Crippen LogP contribution in [0.5, 0.6) is 11.5 Å². The van der Waals surface area contributed by atoms with Gasteiger partial charge in [0.25, 0.3) is 0 Å². The molecule has 7 heteroatoms. The van der Waals surface area contributed by atoms with Gasteiger partial charge in [-0.1, -0.05) is 23.2 Å². The summed E-state index contributed by atoms with van der Waals surface area (Å²) in [4.78, 5) is 16.4. The Kier molecular flexibility index (Phi) is 6.16. The zero-order valence-corrected chi connectivity index (χ0v) is 18.0. The molecule has 4 aromatic rings. The standard InChI is InChI=1S/C24H18Cl2FNO3/c1-14-23(20-12-17(27)6-11-21(20)28-14)24(31-19-9-4-16(26)5-10-19)22(29)13-30-18-7-2-15(25)3-8-18/h2-12,24,28H,13H2,1H3. The van der Waals surface area contributed by atoms with Gasteiger partial charge in [-0.25, -0.2) is 4.39 Å². The van der Waals surface area contributed by atoms with Crippen molar-refractivity contribution in [1.82, 2.24) is 4.98 Å². The molecule has 4 rings (SSSR count). The first kappa shape index (κ1) is 21.2. The number of aryl methyl sites for hydroxylation is 1. The van der Waals surface area contributed by atoms with Gasteiger partial charge in [-0.15, -0.1) is 0 Å². The molecule has 0 saturated carbocycles. The normalized spacial score (nSPS) is 12.0. The summed E-state index contributed by atoms with van der Waals surface area (Å²) in [6, 6.07) is 17.8. The average molecular weight is 458 g/mol. The Morgan fingerprint density at radius 1 is 0.968 bits per heavy atom. The van der Waals surface area contributed by atoms with Crippen LogP contribution in [0.1, 0.15) is 17.4 Å². The molecule has 0 aliphatic carbocycles. The van der Waals surface area contributed by atoms with E-state index in [-0.39, 0.29) is 12.4 Å². The Morgan fingerprint density at radius 2 is 1.58 bits per heavy atom. The molecule has 0 fully saturated rings. The van der Waals surface area contributed by atoms with Crippen LogP contribution in [0.15, 0.2) is 66.7 Å². The molecule has 0 spiro atoms. The minimum absolute atomic E-state index is 0.235. The fraction of sp³-hybridized carbons (Fsp3) is 0.125. The lowest BCUT2D eigenvalue weighted by Crippen LogP contribution is -2.25. The summed E-state index contributed by atoms with van der Waals surface area (Å²) in [7, 11) is 0. The van der Waals surface area contributed by atoms with Crippen LogP contribution in [0.25, 0.3) is 10.9 Å². The molecular weight excluding hydrogens is 440 g/mol. The maximum absolute atomic E-state index is 14.0. The first-order valence-corrected chi connectivity index (χ1v) is 10.3. The SMILES string of the molecule is Cc1[nH]c2ccc(F)cc2c1C(Oc1ccc(Cl)cc1)C(=O)COc1ccc(Cl)cc1. The summed E-state index contributed by atoms with van der Waals surface area (Å²) in [6.07, 6.45) is -1.01. The van der Waals surface area contributed by atoms with E-state index in [4.69, 9.17) is 32.7 Å². The highest BCUT2D eigenvalue weighted by Gasteiger charge is 2.28. The van der Waals surface area contributed by atoms with Crippen LogP contribution in [0.3, 0.4) is 0 Å². The van der Waals surface area contributed by atoms with E-state index in [1.807, 2.05) is 6.92 Å². The van der Waals surface area contributed by atoms with Gasteiger partial charge in [-0.3, -0.25) is 4.79 Å². The maximum atomic E-state index is 14.0. The van der Waals surface area contributed by atoms with Crippen molar-refractivity contribution < 1.29 is 18.7 Å². The second kappa shape index (κ2) is 9.00. The van der Waals surface area contributed by atoms with E-state index in [1.165, 1.54) is 12.1 Å². The molecule has 0 bridgehead atoms. The molecule has 0 aliphatic rings. The summed E-state index contributed by atoms with van der Waals surface area (Å²) >= 11 is 11.9. The van der Waals surface area contributed by atoms with Crippen LogP contribution in [0, 0.1) is 12.7 Å². The number of ether oxygens (including phenoxy) is 2. The van der Waals surface area contributed by atoms with E-state index in [9.17, 15) is 9.18 Å². The van der Waals surface area contributed by atoms with Crippen LogP contribution >= 0.6 is 23.2 Å². The lowest BCUT2D eigenvalue weighted by Gasteiger charge is -2.19. The number of hydrogen-bond donors (Lipinski definition) is 1. The number of carbonyl (C=O) groups excluding carboxylic acids is 1. The zero-order valence-electron chi connectivity index (χ0n) is 16.5. The number of aromatic nitrogens is 1. The highest BCUT2D eigenvalue weighted by molar-refractivity contribution is 6.30. The third-order valence-corrected chi connectivity index (χ3v) is 5.32. The van der Waals surface area contributed by atoms with Gasteiger partial charge in [0.15, 0.2) is 12.7 Å². The van der Waals surface area contributed by atoms with Gasteiger partial charge in [0.1, 0.15) is 17.3 Å². The van der Waals surface area contributed by atoms with Crippen molar-refractivity contribution in [3.63, 3.8) is 0 Å². The molecule has 1 unspecified atom stereocenters. The van der Waals surface area contributed by atoms with E-state index in [0.717, 1.165) is 0 Å². The summed E-state index contributed by atoms with van der Waals surface area (Å²) in [5.41, 5.74) is 1.98. The topological polar surface area (TPSA) is 51.3 Å². The molecule has 158 valence electrons. The number of halogens is 3. The van der Waals surface area contributed by atoms with Crippen molar-refractivity contribution >= 4 is 39.9 Å². The van der Waals surface area contributed by atoms with Crippen molar-refractivity contribution in [2.45, 2.75) is 13.0 Å². The number of aromatic amines is 1. The van der Waals surface area contributed by atoms with Crippen molar-refractivity contribution in [2.75, 3.05) is 6.61 Å². The molecule has 31 heavy (non-hydrogen) atoms. The largest absolute Gasteiger partial charge is 0.486 e. The van der Waals surface area contributed by atoms with Crippen LogP contribution < -0.4 is 9.47 Å². The Morgan fingerprint density at radius 3 is 2.23 bits per heavy atom. The quantitative estimate of drug-likeness (QED) is 0.336. The average Bonchev–Trinajstić information content (AvgIpc) is 3.07. The smallest absolute Gasteiger partial charge is 0.215 e. The van der Waals surface area contributed by atoms with Crippen molar-refractivity contribution in [3.8, 4) is 11.5 Å². The van der Waals surface area contributed by atoms with E-state index in [1.54, 1.807) is 54.6 Å². The molecule has 1 N–H and O–H groups in total. The third kappa shape index (κ3) is 4.84. The number of rotatable bonds is 7. The van der Waals surface area contributed by atoms with Gasteiger partial charge in [0.2, 0.25) is 5.78 Å². The minimum Gasteiger partial charge on any atom is -0.486 e. The molecule has 0 amide bonds. The fourth-order valence-electron chi connectivity index (χ4n) is 3.35. The van der Waals surface area contributed by atoms with Crippen LogP contribution in [-0.2, 0) is 4.79 Å². The monoisotopic (exact) mass is 457 g/mol. The summed E-state index contributed by atoms with van der Waals surface area (Å²) in [5.74, 6) is 0.241. The summed E-state index contributed by atoms with van der Waals surface area (Å²) in [5, 5.41) is 1.70. The van der Waals surface area contributed by atoms with E-state index < -0.39 is 11.9 Å². The number of hydrogen-bond acceptors (Lipinski definition) is 3. The van der Waals surface area contributed by atoms with Gasteiger partial charge in [0.05, 0.1) is 0 Å². The lowest BCUT2D eigenvalue weighted by molar-refractivity contribution is -0.128. The number of carbonyl (C=O) groups is 1. The van der Waals surface area contributed by atoms with Crippen LogP contribution in [-0.4, -0.2) is 17.4 Å². The van der Waals surface area contributed by atoms with Crippen molar-refractivity contribution in [1.29, 1.82) is 0 Å². The van der Waals surface area contributed by atoms with Gasteiger partial charge in [-0.05, 0) is 73.7 Å². The first-order chi connectivity index (χ1) is 14.9. The molecule has 1 atom stereocenters. The van der Waals surface area contributed by atoms with Gasteiger partial charge in [-0.2, -0.15) is 0 Å². The van der Waals surface area contributed by atoms with Crippen LogP contribution in [0.2, 0.25) is 10.0 Å². The predicted molar refractivity (Wildman–Crippen MR) is 120 cm³/mol. The van der Waals surface area contributed by atoms with Gasteiger partial charge < -0.3 is 14.5 Å². The predicted octanol–water partition coefficient (Wildman–Crippen LogP) is 6.69. The van der Waals surface area contributed by atoms with Crippen molar-refractivity contribution in [3.05, 3.63) is 93.8 Å². The Labute approximate surface area is 188 Å². The molecule has 0 aliphatic heterocycles. The number of benzene rings is 3. The lowest BCUT2D eigenvalue weighted by atomic mass is 10.0.